The minimum Gasteiger partial charge on any atom is -0.493 e. The molecule has 5 nitrogen and oxygen atoms in total. The highest BCUT2D eigenvalue weighted by molar-refractivity contribution is 5.34. The lowest BCUT2D eigenvalue weighted by Crippen LogP contribution is -2.23. The lowest BCUT2D eigenvalue weighted by molar-refractivity contribution is 0.395. The van der Waals surface area contributed by atoms with Crippen LogP contribution in [0, 0.1) is 0 Å². The molecule has 0 aliphatic rings. The zero-order valence-electron chi connectivity index (χ0n) is 11.8. The largest absolute Gasteiger partial charge is 0.493 e. The molecule has 0 aliphatic heterocycles. The van der Waals surface area contributed by atoms with Crippen LogP contribution < -0.4 is 10.1 Å². The number of hydrogen-bond acceptors (Lipinski definition) is 4. The van der Waals surface area contributed by atoms with Gasteiger partial charge in [0.1, 0.15) is 5.69 Å². The van der Waals surface area contributed by atoms with E-state index in [1.807, 2.05) is 29.9 Å². The normalized spacial score (nSPS) is 12.7. The van der Waals surface area contributed by atoms with Crippen molar-refractivity contribution < 1.29 is 4.74 Å². The van der Waals surface area contributed by atoms with Crippen LogP contribution in [0.2, 0.25) is 0 Å². The van der Waals surface area contributed by atoms with Crippen molar-refractivity contribution in [2.24, 2.45) is 0 Å². The van der Waals surface area contributed by atoms with Crippen LogP contribution in [0.3, 0.4) is 0 Å². The molecule has 0 fully saturated rings. The second-order valence-corrected chi connectivity index (χ2v) is 4.61. The number of nitrogens with zero attached hydrogens (tertiary/aromatic N) is 3. The monoisotopic (exact) mass is 260 g/mol. The van der Waals surface area contributed by atoms with Gasteiger partial charge in [-0.05, 0) is 33.0 Å². The fraction of sp³-hybridized carbons (Fsp3) is 0.429. The molecular formula is C14H20N4O. The molecular weight excluding hydrogens is 240 g/mol. The van der Waals surface area contributed by atoms with E-state index in [0.29, 0.717) is 0 Å². The molecule has 2 aromatic heterocycles. The first-order valence-corrected chi connectivity index (χ1v) is 6.38. The molecule has 2 rings (SSSR count). The van der Waals surface area contributed by atoms with Gasteiger partial charge in [0, 0.05) is 12.2 Å². The first kappa shape index (κ1) is 13.5. The van der Waals surface area contributed by atoms with Gasteiger partial charge in [-0.3, -0.25) is 9.67 Å². The van der Waals surface area contributed by atoms with Crippen molar-refractivity contribution in [2.45, 2.75) is 25.9 Å². The summed E-state index contributed by atoms with van der Waals surface area (Å²) in [4.78, 5) is 4.42. The van der Waals surface area contributed by atoms with E-state index in [9.17, 15) is 0 Å². The summed E-state index contributed by atoms with van der Waals surface area (Å²) in [5.74, 6) is 0.777. The van der Waals surface area contributed by atoms with E-state index in [-0.39, 0.29) is 12.1 Å². The van der Waals surface area contributed by atoms with Gasteiger partial charge in [-0.2, -0.15) is 5.10 Å². The lowest BCUT2D eigenvalue weighted by Gasteiger charge is -2.20. The van der Waals surface area contributed by atoms with Crippen LogP contribution >= 0.6 is 0 Å². The fourth-order valence-electron chi connectivity index (χ4n) is 2.17. The Bertz CT molecular complexity index is 521. The van der Waals surface area contributed by atoms with Crippen molar-refractivity contribution in [3.05, 3.63) is 42.0 Å². The first-order chi connectivity index (χ1) is 9.19. The summed E-state index contributed by atoms with van der Waals surface area (Å²) in [6.45, 7) is 4.20. The van der Waals surface area contributed by atoms with Gasteiger partial charge in [0.2, 0.25) is 0 Å². The van der Waals surface area contributed by atoms with Crippen molar-refractivity contribution in [2.75, 3.05) is 14.2 Å². The molecule has 0 spiro atoms. The summed E-state index contributed by atoms with van der Waals surface area (Å²) < 4.78 is 7.40. The van der Waals surface area contributed by atoms with E-state index in [0.717, 1.165) is 17.1 Å². The lowest BCUT2D eigenvalue weighted by atomic mass is 10.1. The summed E-state index contributed by atoms with van der Waals surface area (Å²) in [7, 11) is 3.58. The molecule has 0 saturated carbocycles. The Morgan fingerprint density at radius 3 is 2.63 bits per heavy atom. The number of nitrogens with one attached hydrogen (secondary N) is 1. The molecule has 1 unspecified atom stereocenters. The SMILES string of the molecule is CNC(c1ccccn1)c1c(OC)cnn1C(C)C. The second kappa shape index (κ2) is 5.84. The van der Waals surface area contributed by atoms with E-state index >= 15 is 0 Å². The molecule has 1 atom stereocenters. The van der Waals surface area contributed by atoms with Crippen molar-refractivity contribution in [1.29, 1.82) is 0 Å². The maximum absolute atomic E-state index is 5.43. The maximum Gasteiger partial charge on any atom is 0.162 e. The number of pyridine rings is 1. The molecule has 0 aliphatic carbocycles. The van der Waals surface area contributed by atoms with Crippen LogP contribution in [-0.2, 0) is 0 Å². The summed E-state index contributed by atoms with van der Waals surface area (Å²) in [6.07, 6.45) is 3.55. The van der Waals surface area contributed by atoms with Gasteiger partial charge in [0.15, 0.2) is 5.75 Å². The van der Waals surface area contributed by atoms with E-state index < -0.39 is 0 Å². The molecule has 0 aromatic carbocycles. The summed E-state index contributed by atoms with van der Waals surface area (Å²) >= 11 is 0. The molecule has 0 saturated heterocycles. The zero-order valence-corrected chi connectivity index (χ0v) is 11.8. The first-order valence-electron chi connectivity index (χ1n) is 6.38. The van der Waals surface area contributed by atoms with Crippen LogP contribution in [0.15, 0.2) is 30.6 Å². The quantitative estimate of drug-likeness (QED) is 0.895. The van der Waals surface area contributed by atoms with Gasteiger partial charge in [0.25, 0.3) is 0 Å². The molecule has 2 heterocycles. The number of methoxy groups -OCH3 is 1. The van der Waals surface area contributed by atoms with Gasteiger partial charge >= 0.3 is 0 Å². The highest BCUT2D eigenvalue weighted by atomic mass is 16.5. The number of rotatable bonds is 5. The summed E-state index contributed by atoms with van der Waals surface area (Å²) in [6, 6.07) is 6.11. The van der Waals surface area contributed by atoms with E-state index in [4.69, 9.17) is 4.74 Å². The van der Waals surface area contributed by atoms with Crippen molar-refractivity contribution >= 4 is 0 Å². The third-order valence-corrected chi connectivity index (χ3v) is 3.05. The van der Waals surface area contributed by atoms with Crippen LogP contribution in [0.5, 0.6) is 5.75 Å². The Balaban J connectivity index is 2.51. The average Bonchev–Trinajstić information content (AvgIpc) is 2.85. The highest BCUT2D eigenvalue weighted by Crippen LogP contribution is 2.30. The molecule has 1 N–H and O–H groups in total. The Kier molecular flexibility index (Phi) is 4.16. The molecule has 2 aromatic rings. The molecule has 102 valence electrons. The number of aromatic nitrogens is 3. The standard InChI is InChI=1S/C14H20N4O/c1-10(2)18-14(12(19-4)9-17-18)13(15-3)11-7-5-6-8-16-11/h5-10,13,15H,1-4H3. The average molecular weight is 260 g/mol. The second-order valence-electron chi connectivity index (χ2n) is 4.61. The predicted molar refractivity (Wildman–Crippen MR) is 74.3 cm³/mol. The highest BCUT2D eigenvalue weighted by Gasteiger charge is 2.24. The minimum atomic E-state index is -0.0407. The predicted octanol–water partition coefficient (Wildman–Crippen LogP) is 2.18. The molecule has 0 bridgehead atoms. The molecule has 19 heavy (non-hydrogen) atoms. The molecule has 0 radical (unpaired) electrons. The van der Waals surface area contributed by atoms with Gasteiger partial charge in [-0.15, -0.1) is 0 Å². The molecule has 0 amide bonds. The Labute approximate surface area is 113 Å². The number of hydrogen-bond donors (Lipinski definition) is 1. The zero-order chi connectivity index (χ0) is 13.8. The maximum atomic E-state index is 5.43. The van der Waals surface area contributed by atoms with Gasteiger partial charge in [-0.1, -0.05) is 6.07 Å². The van der Waals surface area contributed by atoms with Crippen LogP contribution in [0.4, 0.5) is 0 Å². The third-order valence-electron chi connectivity index (χ3n) is 3.05. The smallest absolute Gasteiger partial charge is 0.162 e. The minimum absolute atomic E-state index is 0.0407. The third kappa shape index (κ3) is 2.61. The van der Waals surface area contributed by atoms with Crippen LogP contribution in [0.1, 0.15) is 37.3 Å². The van der Waals surface area contributed by atoms with Crippen molar-refractivity contribution in [3.8, 4) is 5.75 Å². The van der Waals surface area contributed by atoms with E-state index in [2.05, 4.69) is 29.2 Å². The summed E-state index contributed by atoms with van der Waals surface area (Å²) in [5, 5.41) is 7.69. The summed E-state index contributed by atoms with van der Waals surface area (Å²) in [5.41, 5.74) is 1.95. The Morgan fingerprint density at radius 2 is 2.11 bits per heavy atom. The van der Waals surface area contributed by atoms with Crippen LogP contribution in [0.25, 0.3) is 0 Å². The fourth-order valence-corrected chi connectivity index (χ4v) is 2.17. The van der Waals surface area contributed by atoms with E-state index in [1.165, 1.54) is 0 Å². The topological polar surface area (TPSA) is 52.0 Å². The van der Waals surface area contributed by atoms with Crippen molar-refractivity contribution in [3.63, 3.8) is 0 Å². The van der Waals surface area contributed by atoms with Gasteiger partial charge < -0.3 is 10.1 Å². The number of ether oxygens (including phenoxy) is 1. The molecule has 5 heteroatoms. The van der Waals surface area contributed by atoms with Gasteiger partial charge in [0.05, 0.1) is 25.0 Å². The van der Waals surface area contributed by atoms with Gasteiger partial charge in [-0.25, -0.2) is 0 Å². The van der Waals surface area contributed by atoms with E-state index in [1.54, 1.807) is 19.5 Å². The van der Waals surface area contributed by atoms with Crippen LogP contribution in [-0.4, -0.2) is 28.9 Å². The van der Waals surface area contributed by atoms with Crippen molar-refractivity contribution in [1.82, 2.24) is 20.1 Å². The Hall–Kier alpha value is -1.88. The Morgan fingerprint density at radius 1 is 1.32 bits per heavy atom.